The van der Waals surface area contributed by atoms with Crippen molar-refractivity contribution >= 4 is 39.1 Å². The number of amides is 2. The molecule has 1 atom stereocenters. The molecule has 46 heavy (non-hydrogen) atoms. The highest BCUT2D eigenvalue weighted by atomic mass is 35.5. The second-order valence-corrected chi connectivity index (χ2v) is 13.0. The van der Waals surface area contributed by atoms with Crippen LogP contribution in [-0.2, 0) is 32.6 Å². The van der Waals surface area contributed by atoms with Crippen LogP contribution in [0.3, 0.4) is 0 Å². The van der Waals surface area contributed by atoms with E-state index in [1.54, 1.807) is 60.7 Å². The lowest BCUT2D eigenvalue weighted by Gasteiger charge is -2.34. The van der Waals surface area contributed by atoms with Gasteiger partial charge in [-0.15, -0.1) is 0 Å². The molecule has 1 N–H and O–H groups in total. The summed E-state index contributed by atoms with van der Waals surface area (Å²) in [5.41, 5.74) is 1.77. The number of rotatable bonds is 16. The molecule has 0 saturated heterocycles. The fraction of sp³-hybridized carbons (Fsp3) is 0.278. The Bertz CT molecular complexity index is 1670. The average molecular weight is 662 g/mol. The van der Waals surface area contributed by atoms with Gasteiger partial charge in [0.15, 0.2) is 0 Å². The van der Waals surface area contributed by atoms with Crippen molar-refractivity contribution in [3.8, 4) is 5.75 Å². The van der Waals surface area contributed by atoms with E-state index in [-0.39, 0.29) is 29.5 Å². The first-order chi connectivity index (χ1) is 22.2. The lowest BCUT2D eigenvalue weighted by atomic mass is 10.0. The SMILES string of the molecule is CCCCNC(=O)C(Cc1ccccc1)N(Cc1ccccc1Cl)C(=O)CN(c1ccc(OCC)cc1)S(=O)(=O)c1ccccc1. The van der Waals surface area contributed by atoms with Gasteiger partial charge >= 0.3 is 0 Å². The summed E-state index contributed by atoms with van der Waals surface area (Å²) < 4.78 is 34.9. The zero-order valence-electron chi connectivity index (χ0n) is 26.1. The van der Waals surface area contributed by atoms with Crippen LogP contribution < -0.4 is 14.4 Å². The molecule has 0 spiro atoms. The van der Waals surface area contributed by atoms with E-state index in [4.69, 9.17) is 16.3 Å². The minimum absolute atomic E-state index is 0.000291. The third-order valence-electron chi connectivity index (χ3n) is 7.44. The van der Waals surface area contributed by atoms with Crippen molar-refractivity contribution in [2.75, 3.05) is 24.0 Å². The Hall–Kier alpha value is -4.34. The van der Waals surface area contributed by atoms with Gasteiger partial charge in [0.05, 0.1) is 17.2 Å². The van der Waals surface area contributed by atoms with Crippen molar-refractivity contribution in [1.82, 2.24) is 10.2 Å². The normalized spacial score (nSPS) is 11.8. The van der Waals surface area contributed by atoms with Crippen LogP contribution in [-0.4, -0.2) is 50.9 Å². The molecule has 0 bridgehead atoms. The van der Waals surface area contributed by atoms with Gasteiger partial charge in [0.1, 0.15) is 18.3 Å². The molecule has 8 nitrogen and oxygen atoms in total. The summed E-state index contributed by atoms with van der Waals surface area (Å²) in [6, 6.07) is 30.1. The molecule has 0 aliphatic carbocycles. The van der Waals surface area contributed by atoms with Crippen LogP contribution in [0.15, 0.2) is 114 Å². The molecule has 10 heteroatoms. The van der Waals surface area contributed by atoms with Gasteiger partial charge in [0, 0.05) is 24.5 Å². The number of sulfonamides is 1. The average Bonchev–Trinajstić information content (AvgIpc) is 3.07. The topological polar surface area (TPSA) is 96.0 Å². The number of nitrogens with one attached hydrogen (secondary N) is 1. The Morgan fingerprint density at radius 2 is 1.48 bits per heavy atom. The molecule has 2 amide bonds. The van der Waals surface area contributed by atoms with E-state index in [9.17, 15) is 18.0 Å². The number of nitrogens with zero attached hydrogens (tertiary/aromatic N) is 2. The Balaban J connectivity index is 1.79. The molecule has 0 aliphatic heterocycles. The zero-order valence-corrected chi connectivity index (χ0v) is 27.7. The standard InChI is InChI=1S/C36H40ClN3O5S/c1-3-5-24-38-36(42)34(25-28-14-8-6-9-15-28)39(26-29-16-12-13-19-33(29)37)35(41)27-40(30-20-22-31(23-21-30)45-4-2)46(43,44)32-17-10-7-11-18-32/h6-23,34H,3-5,24-27H2,1-2H3,(H,38,42). The summed E-state index contributed by atoms with van der Waals surface area (Å²) in [5, 5.41) is 3.42. The second-order valence-electron chi connectivity index (χ2n) is 10.7. The van der Waals surface area contributed by atoms with Crippen LogP contribution in [0.1, 0.15) is 37.8 Å². The van der Waals surface area contributed by atoms with Crippen LogP contribution in [0.5, 0.6) is 5.75 Å². The number of hydrogen-bond donors (Lipinski definition) is 1. The maximum atomic E-state index is 14.5. The van der Waals surface area contributed by atoms with Crippen LogP contribution in [0.4, 0.5) is 5.69 Å². The molecule has 4 aromatic carbocycles. The highest BCUT2D eigenvalue weighted by Crippen LogP contribution is 2.27. The predicted molar refractivity (Wildman–Crippen MR) is 182 cm³/mol. The number of unbranched alkanes of at least 4 members (excludes halogenated alkanes) is 1. The van der Waals surface area contributed by atoms with Gasteiger partial charge < -0.3 is 15.0 Å². The van der Waals surface area contributed by atoms with Gasteiger partial charge in [-0.2, -0.15) is 0 Å². The summed E-state index contributed by atoms with van der Waals surface area (Å²) in [5.74, 6) is -0.308. The van der Waals surface area contributed by atoms with Gasteiger partial charge in [-0.05, 0) is 66.9 Å². The molecule has 4 rings (SSSR count). The summed E-state index contributed by atoms with van der Waals surface area (Å²) in [4.78, 5) is 29.8. The summed E-state index contributed by atoms with van der Waals surface area (Å²) in [7, 11) is -4.19. The van der Waals surface area contributed by atoms with E-state index in [2.05, 4.69) is 5.32 Å². The van der Waals surface area contributed by atoms with Crippen LogP contribution in [0.25, 0.3) is 0 Å². The molecule has 0 aromatic heterocycles. The highest BCUT2D eigenvalue weighted by molar-refractivity contribution is 7.92. The van der Waals surface area contributed by atoms with Crippen LogP contribution in [0.2, 0.25) is 5.02 Å². The van der Waals surface area contributed by atoms with Crippen molar-refractivity contribution in [3.05, 3.63) is 125 Å². The molecule has 0 fully saturated rings. The Morgan fingerprint density at radius 1 is 0.848 bits per heavy atom. The smallest absolute Gasteiger partial charge is 0.264 e. The third-order valence-corrected chi connectivity index (χ3v) is 9.60. The number of benzene rings is 4. The minimum Gasteiger partial charge on any atom is -0.494 e. The van der Waals surface area contributed by atoms with Crippen LogP contribution >= 0.6 is 11.6 Å². The predicted octanol–water partition coefficient (Wildman–Crippen LogP) is 6.49. The molecule has 4 aromatic rings. The van der Waals surface area contributed by atoms with Gasteiger partial charge in [-0.1, -0.05) is 91.7 Å². The van der Waals surface area contributed by atoms with E-state index in [0.717, 1.165) is 22.7 Å². The minimum atomic E-state index is -4.19. The quantitative estimate of drug-likeness (QED) is 0.139. The molecule has 0 heterocycles. The molecule has 0 radical (unpaired) electrons. The number of anilines is 1. The molecule has 242 valence electrons. The third kappa shape index (κ3) is 9.11. The zero-order chi connectivity index (χ0) is 32.9. The fourth-order valence-corrected chi connectivity index (χ4v) is 6.62. The summed E-state index contributed by atoms with van der Waals surface area (Å²) in [6.45, 7) is 4.24. The fourth-order valence-electron chi connectivity index (χ4n) is 4.99. The van der Waals surface area contributed by atoms with E-state index in [1.165, 1.54) is 17.0 Å². The van der Waals surface area contributed by atoms with Gasteiger partial charge in [0.25, 0.3) is 10.0 Å². The van der Waals surface area contributed by atoms with Crippen LogP contribution in [0, 0.1) is 0 Å². The van der Waals surface area contributed by atoms with E-state index >= 15 is 0 Å². The molecular weight excluding hydrogens is 622 g/mol. The maximum absolute atomic E-state index is 14.5. The van der Waals surface area contributed by atoms with Crippen molar-refractivity contribution in [3.63, 3.8) is 0 Å². The lowest BCUT2D eigenvalue weighted by molar-refractivity contribution is -0.140. The van der Waals surface area contributed by atoms with E-state index < -0.39 is 28.5 Å². The molecular formula is C36H40ClN3O5S. The van der Waals surface area contributed by atoms with Crippen molar-refractivity contribution < 1.29 is 22.7 Å². The summed E-state index contributed by atoms with van der Waals surface area (Å²) >= 11 is 6.56. The lowest BCUT2D eigenvalue weighted by Crippen LogP contribution is -2.53. The largest absolute Gasteiger partial charge is 0.494 e. The van der Waals surface area contributed by atoms with Crippen molar-refractivity contribution in [2.24, 2.45) is 0 Å². The Labute approximate surface area is 277 Å². The first kappa shape index (κ1) is 34.5. The number of hydrogen-bond acceptors (Lipinski definition) is 5. The second kappa shape index (κ2) is 16.8. The Morgan fingerprint density at radius 3 is 2.11 bits per heavy atom. The van der Waals surface area contributed by atoms with E-state index in [1.807, 2.05) is 50.2 Å². The number of carbonyl (C=O) groups excluding carboxylic acids is 2. The van der Waals surface area contributed by atoms with Gasteiger partial charge in [-0.3, -0.25) is 13.9 Å². The maximum Gasteiger partial charge on any atom is 0.264 e. The molecule has 1 unspecified atom stereocenters. The first-order valence-corrected chi connectivity index (χ1v) is 17.2. The van der Waals surface area contributed by atoms with Gasteiger partial charge in [0.2, 0.25) is 11.8 Å². The van der Waals surface area contributed by atoms with Crippen molar-refractivity contribution in [1.29, 1.82) is 0 Å². The summed E-state index contributed by atoms with van der Waals surface area (Å²) in [6.07, 6.45) is 1.90. The number of ether oxygens (including phenoxy) is 1. The van der Waals surface area contributed by atoms with Crippen molar-refractivity contribution in [2.45, 2.75) is 50.6 Å². The van der Waals surface area contributed by atoms with Gasteiger partial charge in [-0.25, -0.2) is 8.42 Å². The number of halogens is 1. The first-order valence-electron chi connectivity index (χ1n) is 15.4. The molecule has 0 saturated carbocycles. The molecule has 0 aliphatic rings. The van der Waals surface area contributed by atoms with E-state index in [0.29, 0.717) is 29.5 Å². The Kier molecular flexibility index (Phi) is 12.6. The highest BCUT2D eigenvalue weighted by Gasteiger charge is 2.34. The number of carbonyl (C=O) groups is 2. The monoisotopic (exact) mass is 661 g/mol.